The summed E-state index contributed by atoms with van der Waals surface area (Å²) in [7, 11) is 0. The molecule has 26 heavy (non-hydrogen) atoms. The maximum atomic E-state index is 12.5. The number of piperazine rings is 1. The summed E-state index contributed by atoms with van der Waals surface area (Å²) in [5.41, 5.74) is 0.623. The van der Waals surface area contributed by atoms with Crippen molar-refractivity contribution in [2.75, 3.05) is 37.7 Å². The summed E-state index contributed by atoms with van der Waals surface area (Å²) in [5, 5.41) is 8.89. The largest absolute Gasteiger partial charge is 0.477 e. The van der Waals surface area contributed by atoms with Crippen molar-refractivity contribution in [1.82, 2.24) is 15.1 Å². The minimum Gasteiger partial charge on any atom is -0.477 e. The van der Waals surface area contributed by atoms with Crippen LogP contribution in [-0.2, 0) is 0 Å². The van der Waals surface area contributed by atoms with E-state index in [9.17, 15) is 4.79 Å². The summed E-state index contributed by atoms with van der Waals surface area (Å²) >= 11 is 5.97. The second-order valence-corrected chi connectivity index (χ2v) is 6.30. The van der Waals surface area contributed by atoms with Gasteiger partial charge in [0.05, 0.1) is 6.61 Å². The lowest BCUT2D eigenvalue weighted by Crippen LogP contribution is -2.49. The molecule has 1 saturated heterocycles. The standard InChI is InChI=1S/C18H21ClN4O2.ClH/c1-2-12-25-17-7-6-16(20-21-17)22-8-10-23(11-9-22)18(24)14-4-3-5-15(19)13-14;/h3-7,13H,2,8-12H2,1H3;1H. The van der Waals surface area contributed by atoms with Gasteiger partial charge >= 0.3 is 0 Å². The molecule has 6 nitrogen and oxygen atoms in total. The van der Waals surface area contributed by atoms with E-state index in [0.717, 1.165) is 25.3 Å². The molecule has 0 N–H and O–H groups in total. The molecule has 0 unspecified atom stereocenters. The van der Waals surface area contributed by atoms with Crippen molar-refractivity contribution in [2.45, 2.75) is 13.3 Å². The van der Waals surface area contributed by atoms with E-state index in [-0.39, 0.29) is 18.3 Å². The van der Waals surface area contributed by atoms with Crippen molar-refractivity contribution >= 4 is 35.7 Å². The number of hydrogen-bond donors (Lipinski definition) is 0. The summed E-state index contributed by atoms with van der Waals surface area (Å²) in [6.07, 6.45) is 0.937. The van der Waals surface area contributed by atoms with Crippen LogP contribution in [0.1, 0.15) is 23.7 Å². The molecule has 0 aliphatic carbocycles. The molecule has 3 rings (SSSR count). The smallest absolute Gasteiger partial charge is 0.254 e. The number of hydrogen-bond acceptors (Lipinski definition) is 5. The molecule has 0 bridgehead atoms. The molecular weight excluding hydrogens is 375 g/mol. The highest BCUT2D eigenvalue weighted by atomic mass is 35.5. The Labute approximate surface area is 164 Å². The van der Waals surface area contributed by atoms with E-state index in [1.807, 2.05) is 24.0 Å². The van der Waals surface area contributed by atoms with Gasteiger partial charge in [-0.1, -0.05) is 24.6 Å². The third-order valence-corrected chi connectivity index (χ3v) is 4.28. The minimum absolute atomic E-state index is 0. The zero-order chi connectivity index (χ0) is 17.6. The first-order valence-corrected chi connectivity index (χ1v) is 8.81. The van der Waals surface area contributed by atoms with Gasteiger partial charge in [0.1, 0.15) is 0 Å². The molecule has 0 saturated carbocycles. The first-order valence-electron chi connectivity index (χ1n) is 8.43. The van der Waals surface area contributed by atoms with Gasteiger partial charge in [-0.05, 0) is 30.7 Å². The van der Waals surface area contributed by atoms with Crippen molar-refractivity contribution in [3.63, 3.8) is 0 Å². The third-order valence-electron chi connectivity index (χ3n) is 4.04. The molecule has 140 valence electrons. The Balaban J connectivity index is 0.00000243. The second-order valence-electron chi connectivity index (χ2n) is 5.87. The average Bonchev–Trinajstić information content (AvgIpc) is 2.66. The highest BCUT2D eigenvalue weighted by molar-refractivity contribution is 6.30. The van der Waals surface area contributed by atoms with Gasteiger partial charge in [-0.25, -0.2) is 0 Å². The maximum absolute atomic E-state index is 12.5. The van der Waals surface area contributed by atoms with E-state index in [1.165, 1.54) is 0 Å². The number of carbonyl (C=O) groups is 1. The van der Waals surface area contributed by atoms with Crippen molar-refractivity contribution < 1.29 is 9.53 Å². The lowest BCUT2D eigenvalue weighted by Gasteiger charge is -2.35. The lowest BCUT2D eigenvalue weighted by atomic mass is 10.2. The monoisotopic (exact) mass is 396 g/mol. The Morgan fingerprint density at radius 1 is 1.15 bits per heavy atom. The molecule has 1 aromatic carbocycles. The van der Waals surface area contributed by atoms with Crippen LogP contribution in [0.3, 0.4) is 0 Å². The predicted molar refractivity (Wildman–Crippen MR) is 105 cm³/mol. The quantitative estimate of drug-likeness (QED) is 0.775. The molecule has 1 aromatic heterocycles. The minimum atomic E-state index is 0. The van der Waals surface area contributed by atoms with Gasteiger partial charge in [0.25, 0.3) is 5.91 Å². The number of benzene rings is 1. The molecule has 0 atom stereocenters. The zero-order valence-corrected chi connectivity index (χ0v) is 16.2. The van der Waals surface area contributed by atoms with E-state index in [1.54, 1.807) is 24.3 Å². The molecule has 0 radical (unpaired) electrons. The summed E-state index contributed by atoms with van der Waals surface area (Å²) < 4.78 is 5.45. The van der Waals surface area contributed by atoms with Gasteiger partial charge < -0.3 is 14.5 Å². The summed E-state index contributed by atoms with van der Waals surface area (Å²) in [6.45, 7) is 5.40. The number of halogens is 2. The molecule has 1 amide bonds. The van der Waals surface area contributed by atoms with E-state index < -0.39 is 0 Å². The van der Waals surface area contributed by atoms with Crippen LogP contribution in [0.4, 0.5) is 5.82 Å². The number of anilines is 1. The third kappa shape index (κ3) is 4.99. The van der Waals surface area contributed by atoms with Crippen LogP contribution in [0.2, 0.25) is 5.02 Å². The highest BCUT2D eigenvalue weighted by Gasteiger charge is 2.23. The Morgan fingerprint density at radius 2 is 1.92 bits per heavy atom. The Kier molecular flexibility index (Phi) is 7.48. The number of rotatable bonds is 5. The number of nitrogens with zero attached hydrogens (tertiary/aromatic N) is 4. The normalized spacial score (nSPS) is 13.9. The zero-order valence-electron chi connectivity index (χ0n) is 14.6. The highest BCUT2D eigenvalue weighted by Crippen LogP contribution is 2.18. The van der Waals surface area contributed by atoms with Gasteiger partial charge in [0.15, 0.2) is 5.82 Å². The Bertz CT molecular complexity index is 719. The van der Waals surface area contributed by atoms with Crippen molar-refractivity contribution in [2.24, 2.45) is 0 Å². The molecule has 1 aliphatic heterocycles. The molecule has 1 fully saturated rings. The fourth-order valence-electron chi connectivity index (χ4n) is 2.71. The van der Waals surface area contributed by atoms with E-state index in [4.69, 9.17) is 16.3 Å². The van der Waals surface area contributed by atoms with E-state index in [0.29, 0.717) is 36.2 Å². The van der Waals surface area contributed by atoms with Gasteiger partial charge in [-0.2, -0.15) is 0 Å². The van der Waals surface area contributed by atoms with E-state index in [2.05, 4.69) is 15.1 Å². The fourth-order valence-corrected chi connectivity index (χ4v) is 2.90. The van der Waals surface area contributed by atoms with Crippen molar-refractivity contribution in [3.8, 4) is 5.88 Å². The predicted octanol–water partition coefficient (Wildman–Crippen LogP) is 3.30. The Hall–Kier alpha value is -2.05. The van der Waals surface area contributed by atoms with Crippen LogP contribution in [0.25, 0.3) is 0 Å². The van der Waals surface area contributed by atoms with Crippen molar-refractivity contribution in [3.05, 3.63) is 47.0 Å². The first-order chi connectivity index (χ1) is 12.2. The summed E-state index contributed by atoms with van der Waals surface area (Å²) in [6, 6.07) is 10.8. The number of aromatic nitrogens is 2. The van der Waals surface area contributed by atoms with Crippen LogP contribution < -0.4 is 9.64 Å². The van der Waals surface area contributed by atoms with Crippen LogP contribution in [0, 0.1) is 0 Å². The average molecular weight is 397 g/mol. The lowest BCUT2D eigenvalue weighted by molar-refractivity contribution is 0.0746. The molecule has 1 aliphatic rings. The second kappa shape index (κ2) is 9.59. The first kappa shape index (κ1) is 20.3. The van der Waals surface area contributed by atoms with Crippen LogP contribution in [0.15, 0.2) is 36.4 Å². The molecule has 2 heterocycles. The van der Waals surface area contributed by atoms with E-state index >= 15 is 0 Å². The number of amides is 1. The van der Waals surface area contributed by atoms with Crippen LogP contribution >= 0.6 is 24.0 Å². The Morgan fingerprint density at radius 3 is 2.54 bits per heavy atom. The van der Waals surface area contributed by atoms with Gasteiger partial charge in [0.2, 0.25) is 5.88 Å². The van der Waals surface area contributed by atoms with Crippen molar-refractivity contribution in [1.29, 1.82) is 0 Å². The van der Waals surface area contributed by atoms with Gasteiger partial charge in [-0.15, -0.1) is 22.6 Å². The van der Waals surface area contributed by atoms with Gasteiger partial charge in [-0.3, -0.25) is 4.79 Å². The van der Waals surface area contributed by atoms with Crippen LogP contribution in [0.5, 0.6) is 5.88 Å². The molecular formula is C18H22Cl2N4O2. The summed E-state index contributed by atoms with van der Waals surface area (Å²) in [4.78, 5) is 16.5. The fraction of sp³-hybridized carbons (Fsp3) is 0.389. The maximum Gasteiger partial charge on any atom is 0.254 e. The topological polar surface area (TPSA) is 58.6 Å². The molecule has 8 heteroatoms. The molecule has 2 aromatic rings. The molecule has 0 spiro atoms. The summed E-state index contributed by atoms with van der Waals surface area (Å²) in [5.74, 6) is 1.36. The number of ether oxygens (including phenoxy) is 1. The van der Waals surface area contributed by atoms with Crippen LogP contribution in [-0.4, -0.2) is 53.8 Å². The van der Waals surface area contributed by atoms with Gasteiger partial charge in [0, 0.05) is 42.8 Å². The number of carbonyl (C=O) groups excluding carboxylic acids is 1. The SMILES string of the molecule is CCCOc1ccc(N2CCN(C(=O)c3cccc(Cl)c3)CC2)nn1.Cl.